The average Bonchev–Trinajstić information content (AvgIpc) is 3.35. The third-order valence-electron chi connectivity index (χ3n) is 7.92. The molecule has 0 radical (unpaired) electrons. The molecule has 2 atom stereocenters. The number of benzene rings is 2. The zero-order valence-electron chi connectivity index (χ0n) is 19.5. The summed E-state index contributed by atoms with van der Waals surface area (Å²) in [5.74, 6) is -0.746. The molecule has 0 aromatic heterocycles. The van der Waals surface area contributed by atoms with E-state index in [1.54, 1.807) is 12.1 Å². The van der Waals surface area contributed by atoms with Crippen molar-refractivity contribution >= 4 is 29.3 Å². The van der Waals surface area contributed by atoms with E-state index in [4.69, 9.17) is 0 Å². The predicted octanol–water partition coefficient (Wildman–Crippen LogP) is 2.19. The molecule has 2 aromatic carbocycles. The summed E-state index contributed by atoms with van der Waals surface area (Å²) < 4.78 is 0. The lowest BCUT2D eigenvalue weighted by Crippen LogP contribution is -2.54. The molecule has 4 amide bonds. The van der Waals surface area contributed by atoms with Crippen molar-refractivity contribution < 1.29 is 19.2 Å². The standard InChI is InChI=1S/C27H28N4O4/c32-24-8-7-23(25(33)29-24)31-26(34)19-6-5-16(13-20(19)27(31)35)14-30-15-21(17-9-11-28-12-10-17)18-3-1-2-4-22(18)30/h1-6,13,17,21,23,28H,7-12,14-15H2,(H,29,32,33). The van der Waals surface area contributed by atoms with Crippen LogP contribution in [-0.4, -0.2) is 54.2 Å². The summed E-state index contributed by atoms with van der Waals surface area (Å²) in [5.41, 5.74) is 4.24. The molecule has 2 saturated heterocycles. The number of fused-ring (bicyclic) bond motifs is 2. The van der Waals surface area contributed by atoms with Crippen LogP contribution in [0.25, 0.3) is 0 Å². The number of amides is 4. The van der Waals surface area contributed by atoms with Gasteiger partial charge in [0, 0.05) is 31.1 Å². The topological polar surface area (TPSA) is 98.8 Å². The lowest BCUT2D eigenvalue weighted by atomic mass is 9.82. The van der Waals surface area contributed by atoms with Crippen LogP contribution in [0.1, 0.15) is 63.4 Å². The normalized spacial score (nSPS) is 24.6. The summed E-state index contributed by atoms with van der Waals surface area (Å²) in [6, 6.07) is 13.0. The van der Waals surface area contributed by atoms with Crippen molar-refractivity contribution in [3.8, 4) is 0 Å². The van der Waals surface area contributed by atoms with Crippen LogP contribution in [-0.2, 0) is 16.1 Å². The van der Waals surface area contributed by atoms with Gasteiger partial charge >= 0.3 is 0 Å². The highest BCUT2D eigenvalue weighted by atomic mass is 16.2. The van der Waals surface area contributed by atoms with E-state index in [1.165, 1.54) is 24.1 Å². The molecule has 4 aliphatic heterocycles. The van der Waals surface area contributed by atoms with Gasteiger partial charge < -0.3 is 10.2 Å². The second-order valence-corrected chi connectivity index (χ2v) is 9.96. The fourth-order valence-corrected chi connectivity index (χ4v) is 6.16. The number of anilines is 1. The number of imide groups is 2. The van der Waals surface area contributed by atoms with Gasteiger partial charge in [0.15, 0.2) is 0 Å². The summed E-state index contributed by atoms with van der Waals surface area (Å²) >= 11 is 0. The van der Waals surface area contributed by atoms with Gasteiger partial charge in [0.1, 0.15) is 6.04 Å². The van der Waals surface area contributed by atoms with Crippen LogP contribution in [0, 0.1) is 5.92 Å². The van der Waals surface area contributed by atoms with Gasteiger partial charge in [-0.3, -0.25) is 29.4 Å². The number of nitrogens with one attached hydrogen (secondary N) is 2. The average molecular weight is 473 g/mol. The minimum atomic E-state index is -0.945. The molecule has 8 heteroatoms. The van der Waals surface area contributed by atoms with Crippen LogP contribution < -0.4 is 15.5 Å². The van der Waals surface area contributed by atoms with Gasteiger partial charge in [0.25, 0.3) is 11.8 Å². The van der Waals surface area contributed by atoms with E-state index in [0.717, 1.165) is 30.1 Å². The monoisotopic (exact) mass is 472 g/mol. The second kappa shape index (κ2) is 8.61. The maximum atomic E-state index is 13.2. The lowest BCUT2D eigenvalue weighted by molar-refractivity contribution is -0.136. The highest BCUT2D eigenvalue weighted by molar-refractivity contribution is 6.23. The zero-order chi connectivity index (χ0) is 24.1. The number of rotatable bonds is 4. The molecular formula is C27H28N4O4. The molecule has 2 fully saturated rings. The Bertz CT molecular complexity index is 1240. The first-order valence-electron chi connectivity index (χ1n) is 12.4. The van der Waals surface area contributed by atoms with Crippen molar-refractivity contribution in [2.75, 3.05) is 24.5 Å². The fourth-order valence-electron chi connectivity index (χ4n) is 6.16. The van der Waals surface area contributed by atoms with Crippen molar-refractivity contribution in [3.63, 3.8) is 0 Å². The molecule has 4 aliphatic rings. The van der Waals surface area contributed by atoms with E-state index < -0.39 is 23.8 Å². The largest absolute Gasteiger partial charge is 0.366 e. The molecule has 4 heterocycles. The Kier molecular flexibility index (Phi) is 5.40. The van der Waals surface area contributed by atoms with E-state index in [9.17, 15) is 19.2 Å². The van der Waals surface area contributed by atoms with Crippen LogP contribution in [0.3, 0.4) is 0 Å². The Balaban J connectivity index is 1.24. The van der Waals surface area contributed by atoms with Gasteiger partial charge in [-0.1, -0.05) is 24.3 Å². The molecule has 2 N–H and O–H groups in total. The number of piperidine rings is 2. The Morgan fingerprint density at radius 1 is 0.886 bits per heavy atom. The molecule has 0 bridgehead atoms. The van der Waals surface area contributed by atoms with E-state index in [0.29, 0.717) is 29.5 Å². The first-order valence-corrected chi connectivity index (χ1v) is 12.4. The summed E-state index contributed by atoms with van der Waals surface area (Å²) in [5, 5.41) is 5.70. The number of para-hydroxylation sites is 1. The molecule has 0 saturated carbocycles. The molecule has 180 valence electrons. The van der Waals surface area contributed by atoms with Crippen LogP contribution >= 0.6 is 0 Å². The van der Waals surface area contributed by atoms with Crippen LogP contribution in [0.15, 0.2) is 42.5 Å². The van der Waals surface area contributed by atoms with Gasteiger partial charge in [0.05, 0.1) is 11.1 Å². The molecule has 2 aromatic rings. The molecule has 35 heavy (non-hydrogen) atoms. The third-order valence-corrected chi connectivity index (χ3v) is 7.92. The summed E-state index contributed by atoms with van der Waals surface area (Å²) in [6.45, 7) is 3.71. The van der Waals surface area contributed by atoms with E-state index >= 15 is 0 Å². The van der Waals surface area contributed by atoms with Gasteiger partial charge in [0.2, 0.25) is 11.8 Å². The van der Waals surface area contributed by atoms with Crippen LogP contribution in [0.5, 0.6) is 0 Å². The minimum absolute atomic E-state index is 0.113. The van der Waals surface area contributed by atoms with Crippen molar-refractivity contribution in [2.45, 2.75) is 44.2 Å². The maximum absolute atomic E-state index is 13.2. The number of hydrogen-bond donors (Lipinski definition) is 2. The quantitative estimate of drug-likeness (QED) is 0.662. The fraction of sp³-hybridized carbons (Fsp3) is 0.407. The zero-order valence-corrected chi connectivity index (χ0v) is 19.5. The summed E-state index contributed by atoms with van der Waals surface area (Å²) in [7, 11) is 0. The Morgan fingerprint density at radius 3 is 2.46 bits per heavy atom. The van der Waals surface area contributed by atoms with E-state index in [1.807, 2.05) is 6.07 Å². The number of hydrogen-bond acceptors (Lipinski definition) is 6. The van der Waals surface area contributed by atoms with Gasteiger partial charge in [-0.2, -0.15) is 0 Å². The second-order valence-electron chi connectivity index (χ2n) is 9.96. The minimum Gasteiger partial charge on any atom is -0.366 e. The van der Waals surface area contributed by atoms with E-state index in [2.05, 4.69) is 39.8 Å². The molecule has 8 nitrogen and oxygen atoms in total. The van der Waals surface area contributed by atoms with Crippen molar-refractivity contribution in [1.29, 1.82) is 0 Å². The van der Waals surface area contributed by atoms with Gasteiger partial charge in [-0.15, -0.1) is 0 Å². The molecular weight excluding hydrogens is 444 g/mol. The predicted molar refractivity (Wildman–Crippen MR) is 129 cm³/mol. The molecule has 2 unspecified atom stereocenters. The van der Waals surface area contributed by atoms with Gasteiger partial charge in [-0.25, -0.2) is 0 Å². The smallest absolute Gasteiger partial charge is 0.262 e. The van der Waals surface area contributed by atoms with E-state index in [-0.39, 0.29) is 18.7 Å². The maximum Gasteiger partial charge on any atom is 0.262 e. The van der Waals surface area contributed by atoms with Crippen molar-refractivity contribution in [1.82, 2.24) is 15.5 Å². The molecule has 0 aliphatic carbocycles. The first-order chi connectivity index (χ1) is 17.0. The SMILES string of the molecule is O=C1CCC(N2C(=O)c3ccc(CN4CC(C5CCNCC5)c5ccccc54)cc3C2=O)C(=O)N1. The Labute approximate surface area is 203 Å². The Hall–Kier alpha value is -3.52. The number of carbonyl (C=O) groups excluding carboxylic acids is 4. The van der Waals surface area contributed by atoms with Gasteiger partial charge in [-0.05, 0) is 67.6 Å². The van der Waals surface area contributed by atoms with Crippen molar-refractivity contribution in [3.05, 3.63) is 64.7 Å². The third kappa shape index (κ3) is 3.72. The van der Waals surface area contributed by atoms with Crippen molar-refractivity contribution in [2.24, 2.45) is 5.92 Å². The summed E-state index contributed by atoms with van der Waals surface area (Å²) in [6.07, 6.45) is 2.63. The lowest BCUT2D eigenvalue weighted by Gasteiger charge is -2.29. The molecule has 6 rings (SSSR count). The number of carbonyl (C=O) groups is 4. The number of nitrogens with zero attached hydrogens (tertiary/aromatic N) is 2. The highest BCUT2D eigenvalue weighted by Gasteiger charge is 2.44. The van der Waals surface area contributed by atoms with Crippen LogP contribution in [0.2, 0.25) is 0 Å². The molecule has 0 spiro atoms. The highest BCUT2D eigenvalue weighted by Crippen LogP contribution is 2.43. The first kappa shape index (κ1) is 22.0. The Morgan fingerprint density at radius 2 is 1.66 bits per heavy atom. The summed E-state index contributed by atoms with van der Waals surface area (Å²) in [4.78, 5) is 53.4. The van der Waals surface area contributed by atoms with Crippen LogP contribution in [0.4, 0.5) is 5.69 Å².